The molecular formula is C24H18BrFO2. The molecule has 0 unspecified atom stereocenters. The lowest BCUT2D eigenvalue weighted by atomic mass is 9.87. The zero-order valence-electron chi connectivity index (χ0n) is 15.1. The van der Waals surface area contributed by atoms with Gasteiger partial charge in [-0.3, -0.25) is 4.79 Å². The number of ketones is 1. The van der Waals surface area contributed by atoms with Crippen molar-refractivity contribution in [2.45, 2.75) is 12.0 Å². The number of ether oxygens (including phenoxy) is 1. The largest absolute Gasteiger partial charge is 0.480 e. The van der Waals surface area contributed by atoms with E-state index in [0.717, 1.165) is 11.1 Å². The Labute approximate surface area is 171 Å². The van der Waals surface area contributed by atoms with E-state index in [4.69, 9.17) is 4.74 Å². The van der Waals surface area contributed by atoms with Crippen molar-refractivity contribution in [3.8, 4) is 0 Å². The summed E-state index contributed by atoms with van der Waals surface area (Å²) in [5.41, 5.74) is 2.17. The van der Waals surface area contributed by atoms with Gasteiger partial charge in [0.15, 0.2) is 5.78 Å². The molecule has 0 fully saturated rings. The van der Waals surface area contributed by atoms with Gasteiger partial charge in [-0.05, 0) is 17.7 Å². The van der Waals surface area contributed by atoms with Crippen molar-refractivity contribution in [1.82, 2.24) is 0 Å². The van der Waals surface area contributed by atoms with Crippen molar-refractivity contribution in [3.63, 3.8) is 0 Å². The number of rotatable bonds is 5. The van der Waals surface area contributed by atoms with Crippen molar-refractivity contribution in [2.24, 2.45) is 0 Å². The van der Waals surface area contributed by atoms with Crippen LogP contribution in [0.15, 0.2) is 90.5 Å². The zero-order valence-corrected chi connectivity index (χ0v) is 16.7. The van der Waals surface area contributed by atoms with Gasteiger partial charge < -0.3 is 4.74 Å². The number of Topliss-reactive ketones (excluding diaryl/α,β-unsaturated/α-hetero) is 1. The lowest BCUT2D eigenvalue weighted by Crippen LogP contribution is -2.28. The lowest BCUT2D eigenvalue weighted by Gasteiger charge is -2.28. The Balaban J connectivity index is 1.81. The fraction of sp³-hybridized carbons (Fsp3) is 0.125. The molecule has 0 N–H and O–H groups in total. The molecule has 28 heavy (non-hydrogen) atoms. The van der Waals surface area contributed by atoms with Crippen LogP contribution in [0.25, 0.3) is 5.76 Å². The molecule has 0 bridgehead atoms. The van der Waals surface area contributed by atoms with Crippen LogP contribution in [0.2, 0.25) is 0 Å². The second-order valence-electron chi connectivity index (χ2n) is 6.78. The van der Waals surface area contributed by atoms with E-state index >= 15 is 0 Å². The van der Waals surface area contributed by atoms with Gasteiger partial charge in [0.25, 0.3) is 0 Å². The highest BCUT2D eigenvalue weighted by Crippen LogP contribution is 2.47. The van der Waals surface area contributed by atoms with Gasteiger partial charge in [0.1, 0.15) is 17.2 Å². The fourth-order valence-electron chi connectivity index (χ4n) is 3.50. The quantitative estimate of drug-likeness (QED) is 0.355. The molecular weight excluding hydrogens is 419 g/mol. The molecule has 1 heterocycles. The predicted molar refractivity (Wildman–Crippen MR) is 112 cm³/mol. The molecule has 1 atom stereocenters. The molecule has 4 heteroatoms. The molecule has 0 aromatic heterocycles. The predicted octanol–water partition coefficient (Wildman–Crippen LogP) is 6.13. The number of benzene rings is 3. The van der Waals surface area contributed by atoms with Gasteiger partial charge in [0, 0.05) is 28.5 Å². The van der Waals surface area contributed by atoms with Gasteiger partial charge >= 0.3 is 0 Å². The van der Waals surface area contributed by atoms with E-state index in [2.05, 4.69) is 15.9 Å². The highest BCUT2D eigenvalue weighted by Gasteiger charge is 2.44. The molecule has 0 amide bonds. The van der Waals surface area contributed by atoms with Gasteiger partial charge in [0.05, 0.1) is 0 Å². The van der Waals surface area contributed by atoms with Crippen LogP contribution < -0.4 is 0 Å². The number of alkyl halides is 1. The van der Waals surface area contributed by atoms with E-state index in [1.54, 1.807) is 12.1 Å². The van der Waals surface area contributed by atoms with E-state index in [1.807, 2.05) is 60.7 Å². The van der Waals surface area contributed by atoms with Crippen molar-refractivity contribution in [2.75, 3.05) is 5.33 Å². The molecule has 0 saturated heterocycles. The normalized spacial score (nSPS) is 18.8. The van der Waals surface area contributed by atoms with Crippen molar-refractivity contribution >= 4 is 27.5 Å². The summed E-state index contributed by atoms with van der Waals surface area (Å²) in [6, 6.07) is 25.1. The van der Waals surface area contributed by atoms with Crippen molar-refractivity contribution in [1.29, 1.82) is 0 Å². The first-order valence-corrected chi connectivity index (χ1v) is 10.1. The van der Waals surface area contributed by atoms with Crippen LogP contribution in [0.4, 0.5) is 4.39 Å². The average Bonchev–Trinajstić information content (AvgIpc) is 3.16. The second-order valence-corrected chi connectivity index (χ2v) is 7.34. The highest BCUT2D eigenvalue weighted by molar-refractivity contribution is 9.09. The monoisotopic (exact) mass is 436 g/mol. The van der Waals surface area contributed by atoms with Crippen LogP contribution in [-0.4, -0.2) is 11.1 Å². The van der Waals surface area contributed by atoms with E-state index < -0.39 is 5.60 Å². The minimum Gasteiger partial charge on any atom is -0.480 e. The van der Waals surface area contributed by atoms with Crippen molar-refractivity contribution < 1.29 is 13.9 Å². The molecule has 0 spiro atoms. The third-order valence-electron chi connectivity index (χ3n) is 4.97. The Morgan fingerprint density at radius 3 is 2.14 bits per heavy atom. The van der Waals surface area contributed by atoms with Crippen LogP contribution in [-0.2, 0) is 10.3 Å². The highest BCUT2D eigenvalue weighted by atomic mass is 79.9. The minimum atomic E-state index is -0.765. The number of hydrogen-bond acceptors (Lipinski definition) is 2. The summed E-state index contributed by atoms with van der Waals surface area (Å²) in [5.74, 6) is 0.228. The van der Waals surface area contributed by atoms with Crippen LogP contribution in [0, 0.1) is 5.82 Å². The maximum Gasteiger partial charge on any atom is 0.192 e. The van der Waals surface area contributed by atoms with Crippen LogP contribution in [0.5, 0.6) is 0 Å². The van der Waals surface area contributed by atoms with E-state index in [1.165, 1.54) is 12.1 Å². The number of halogens is 2. The number of carbonyl (C=O) groups excluding carboxylic acids is 1. The first-order valence-electron chi connectivity index (χ1n) is 9.02. The topological polar surface area (TPSA) is 26.3 Å². The van der Waals surface area contributed by atoms with Crippen LogP contribution >= 0.6 is 15.9 Å². The smallest absolute Gasteiger partial charge is 0.192 e. The second kappa shape index (κ2) is 7.72. The van der Waals surface area contributed by atoms with Gasteiger partial charge in [-0.2, -0.15) is 0 Å². The first-order chi connectivity index (χ1) is 13.6. The van der Waals surface area contributed by atoms with Gasteiger partial charge in [-0.15, -0.1) is 0 Å². The molecule has 2 nitrogen and oxygen atoms in total. The third kappa shape index (κ3) is 3.40. The summed E-state index contributed by atoms with van der Waals surface area (Å²) < 4.78 is 19.9. The van der Waals surface area contributed by atoms with Crippen LogP contribution in [0.3, 0.4) is 0 Å². The first kappa shape index (κ1) is 18.6. The van der Waals surface area contributed by atoms with Gasteiger partial charge in [-0.1, -0.05) is 88.7 Å². The van der Waals surface area contributed by atoms with E-state index in [0.29, 0.717) is 28.6 Å². The average molecular weight is 437 g/mol. The number of carbonyl (C=O) groups is 1. The Kier molecular flexibility index (Phi) is 5.14. The molecule has 0 saturated carbocycles. The summed E-state index contributed by atoms with van der Waals surface area (Å²) in [6.45, 7) is 0. The van der Waals surface area contributed by atoms with Gasteiger partial charge in [-0.25, -0.2) is 4.39 Å². The SMILES string of the molecule is O=C(C1=C(c2ccccc2)O[C@](CBr)(c2ccc(F)cc2)C1)c1ccccc1. The fourth-order valence-corrected chi connectivity index (χ4v) is 4.13. The number of hydrogen-bond donors (Lipinski definition) is 0. The summed E-state index contributed by atoms with van der Waals surface area (Å²) in [7, 11) is 0. The maximum atomic E-state index is 13.5. The molecule has 4 rings (SSSR count). The van der Waals surface area contributed by atoms with Crippen LogP contribution in [0.1, 0.15) is 27.9 Å². The Hall–Kier alpha value is -2.72. The van der Waals surface area contributed by atoms with E-state index in [-0.39, 0.29) is 11.6 Å². The summed E-state index contributed by atoms with van der Waals surface area (Å²) in [5, 5.41) is 0.480. The summed E-state index contributed by atoms with van der Waals surface area (Å²) >= 11 is 3.56. The Morgan fingerprint density at radius 1 is 0.929 bits per heavy atom. The molecule has 140 valence electrons. The summed E-state index contributed by atoms with van der Waals surface area (Å²) in [6.07, 6.45) is 0.405. The van der Waals surface area contributed by atoms with Gasteiger partial charge in [0.2, 0.25) is 0 Å². The molecule has 1 aliphatic heterocycles. The summed E-state index contributed by atoms with van der Waals surface area (Å²) in [4.78, 5) is 13.3. The Bertz CT molecular complexity index is 1010. The lowest BCUT2D eigenvalue weighted by molar-refractivity contribution is 0.0825. The zero-order chi connectivity index (χ0) is 19.6. The third-order valence-corrected chi connectivity index (χ3v) is 5.87. The van der Waals surface area contributed by atoms with Crippen molar-refractivity contribution in [3.05, 3.63) is 113 Å². The molecule has 0 radical (unpaired) electrons. The maximum absolute atomic E-state index is 13.5. The molecule has 1 aliphatic rings. The molecule has 3 aromatic rings. The molecule has 3 aromatic carbocycles. The van der Waals surface area contributed by atoms with E-state index in [9.17, 15) is 9.18 Å². The molecule has 0 aliphatic carbocycles. The minimum absolute atomic E-state index is 0.0515. The Morgan fingerprint density at radius 2 is 1.54 bits per heavy atom. The standard InChI is InChI=1S/C24H18BrFO2/c25-16-24(19-11-13-20(26)14-12-19)15-21(22(27)17-7-3-1-4-8-17)23(28-24)18-9-5-2-6-10-18/h1-14H,15-16H2/t24-/m1/s1.